The summed E-state index contributed by atoms with van der Waals surface area (Å²) in [5.74, 6) is 0. The molecule has 0 fully saturated rings. The second kappa shape index (κ2) is 6.89. The molecule has 0 saturated heterocycles. The van der Waals surface area contributed by atoms with Gasteiger partial charge in [-0.3, -0.25) is 4.68 Å². The fourth-order valence-corrected chi connectivity index (χ4v) is 2.61. The van der Waals surface area contributed by atoms with Gasteiger partial charge in [0.2, 0.25) is 0 Å². The topological polar surface area (TPSA) is 17.8 Å². The van der Waals surface area contributed by atoms with Gasteiger partial charge in [0, 0.05) is 12.4 Å². The van der Waals surface area contributed by atoms with Gasteiger partial charge in [0.05, 0.1) is 6.54 Å². The molecule has 0 aliphatic carbocycles. The zero-order valence-corrected chi connectivity index (χ0v) is 12.2. The summed E-state index contributed by atoms with van der Waals surface area (Å²) < 4.78 is 1.96. The van der Waals surface area contributed by atoms with Gasteiger partial charge in [0.25, 0.3) is 0 Å². The van der Waals surface area contributed by atoms with Crippen LogP contribution < -0.4 is 0 Å². The summed E-state index contributed by atoms with van der Waals surface area (Å²) >= 11 is 0. The SMILES string of the molecule is c1ccc(CCCc2cccc(Cn3cccn3)c2)cc1. The van der Waals surface area contributed by atoms with Crippen LogP contribution in [0.5, 0.6) is 0 Å². The largest absolute Gasteiger partial charge is 0.268 e. The van der Waals surface area contributed by atoms with Crippen LogP contribution in [-0.2, 0) is 19.4 Å². The number of nitrogens with zero attached hydrogens (tertiary/aromatic N) is 2. The lowest BCUT2D eigenvalue weighted by atomic mass is 10.0. The summed E-state index contributed by atoms with van der Waals surface area (Å²) in [6.07, 6.45) is 7.28. The zero-order valence-electron chi connectivity index (χ0n) is 12.2. The fraction of sp³-hybridized carbons (Fsp3) is 0.211. The van der Waals surface area contributed by atoms with E-state index in [0.717, 1.165) is 19.4 Å². The molecule has 0 aliphatic heterocycles. The van der Waals surface area contributed by atoms with Crippen molar-refractivity contribution in [2.24, 2.45) is 0 Å². The van der Waals surface area contributed by atoms with Crippen LogP contribution >= 0.6 is 0 Å². The standard InChI is InChI=1S/C19H20N2/c1-2-7-17(8-3-1)9-4-10-18-11-5-12-19(15-18)16-21-14-6-13-20-21/h1-3,5-8,11-15H,4,9-10,16H2. The lowest BCUT2D eigenvalue weighted by Gasteiger charge is -2.06. The minimum absolute atomic E-state index is 0.847. The van der Waals surface area contributed by atoms with Crippen molar-refractivity contribution in [1.29, 1.82) is 0 Å². The Labute approximate surface area is 126 Å². The molecule has 0 spiro atoms. The highest BCUT2D eigenvalue weighted by molar-refractivity contribution is 5.24. The second-order valence-electron chi connectivity index (χ2n) is 5.36. The van der Waals surface area contributed by atoms with Crippen LogP contribution in [0.15, 0.2) is 73.1 Å². The third-order valence-electron chi connectivity index (χ3n) is 3.67. The Kier molecular flexibility index (Phi) is 4.47. The normalized spacial score (nSPS) is 10.7. The van der Waals surface area contributed by atoms with E-state index in [-0.39, 0.29) is 0 Å². The Morgan fingerprint density at radius 2 is 1.52 bits per heavy atom. The Morgan fingerprint density at radius 3 is 2.33 bits per heavy atom. The highest BCUT2D eigenvalue weighted by atomic mass is 15.3. The fourth-order valence-electron chi connectivity index (χ4n) is 2.61. The average Bonchev–Trinajstić information content (AvgIpc) is 3.02. The van der Waals surface area contributed by atoms with Gasteiger partial charge in [0.15, 0.2) is 0 Å². The van der Waals surface area contributed by atoms with E-state index in [4.69, 9.17) is 0 Å². The molecule has 2 heteroatoms. The summed E-state index contributed by atoms with van der Waals surface area (Å²) in [6, 6.07) is 21.5. The molecule has 0 bridgehead atoms. The van der Waals surface area contributed by atoms with E-state index in [9.17, 15) is 0 Å². The van der Waals surface area contributed by atoms with E-state index in [1.165, 1.54) is 23.1 Å². The molecule has 0 N–H and O–H groups in total. The molecule has 3 rings (SSSR count). The number of aryl methyl sites for hydroxylation is 2. The molecule has 0 unspecified atom stereocenters. The third kappa shape index (κ3) is 4.06. The smallest absolute Gasteiger partial charge is 0.0659 e. The first kappa shape index (κ1) is 13.6. The zero-order chi connectivity index (χ0) is 14.3. The Balaban J connectivity index is 1.56. The van der Waals surface area contributed by atoms with Crippen LogP contribution in [0.1, 0.15) is 23.1 Å². The molecule has 1 aromatic heterocycles. The first-order valence-electron chi connectivity index (χ1n) is 7.49. The molecule has 106 valence electrons. The molecule has 21 heavy (non-hydrogen) atoms. The molecule has 0 aliphatic rings. The highest BCUT2D eigenvalue weighted by Crippen LogP contribution is 2.11. The van der Waals surface area contributed by atoms with Crippen molar-refractivity contribution in [3.63, 3.8) is 0 Å². The van der Waals surface area contributed by atoms with Crippen LogP contribution in [0.25, 0.3) is 0 Å². The van der Waals surface area contributed by atoms with E-state index < -0.39 is 0 Å². The lowest BCUT2D eigenvalue weighted by molar-refractivity contribution is 0.685. The Morgan fingerprint density at radius 1 is 0.762 bits per heavy atom. The van der Waals surface area contributed by atoms with Gasteiger partial charge < -0.3 is 0 Å². The van der Waals surface area contributed by atoms with Crippen LogP contribution in [0.3, 0.4) is 0 Å². The molecule has 2 aromatic carbocycles. The van der Waals surface area contributed by atoms with Gasteiger partial charge in [-0.2, -0.15) is 5.10 Å². The third-order valence-corrected chi connectivity index (χ3v) is 3.67. The van der Waals surface area contributed by atoms with Gasteiger partial charge >= 0.3 is 0 Å². The predicted molar refractivity (Wildman–Crippen MR) is 86.2 cm³/mol. The van der Waals surface area contributed by atoms with Crippen LogP contribution in [0, 0.1) is 0 Å². The second-order valence-corrected chi connectivity index (χ2v) is 5.36. The number of aromatic nitrogens is 2. The van der Waals surface area contributed by atoms with Crippen LogP contribution in [0.2, 0.25) is 0 Å². The van der Waals surface area contributed by atoms with Gasteiger partial charge in [-0.05, 0) is 42.0 Å². The number of benzene rings is 2. The Bertz CT molecular complexity index is 657. The predicted octanol–water partition coefficient (Wildman–Crippen LogP) is 4.11. The monoisotopic (exact) mass is 276 g/mol. The molecule has 0 saturated carbocycles. The summed E-state index contributed by atoms with van der Waals surface area (Å²) in [4.78, 5) is 0. The van der Waals surface area contributed by atoms with Crippen molar-refractivity contribution in [1.82, 2.24) is 9.78 Å². The quantitative estimate of drug-likeness (QED) is 0.662. The summed E-state index contributed by atoms with van der Waals surface area (Å²) in [5, 5.41) is 4.26. The van der Waals surface area contributed by atoms with Gasteiger partial charge in [-0.1, -0.05) is 54.6 Å². The van der Waals surface area contributed by atoms with Gasteiger partial charge in [0.1, 0.15) is 0 Å². The maximum atomic E-state index is 4.26. The summed E-state index contributed by atoms with van der Waals surface area (Å²) in [7, 11) is 0. The van der Waals surface area contributed by atoms with E-state index in [1.807, 2.05) is 23.1 Å². The first-order chi connectivity index (χ1) is 10.4. The number of rotatable bonds is 6. The van der Waals surface area contributed by atoms with Crippen molar-refractivity contribution in [2.75, 3.05) is 0 Å². The lowest BCUT2D eigenvalue weighted by Crippen LogP contribution is -2.00. The molecular weight excluding hydrogens is 256 g/mol. The summed E-state index contributed by atoms with van der Waals surface area (Å²) in [6.45, 7) is 0.847. The van der Waals surface area contributed by atoms with Crippen molar-refractivity contribution >= 4 is 0 Å². The highest BCUT2D eigenvalue weighted by Gasteiger charge is 1.99. The van der Waals surface area contributed by atoms with E-state index in [2.05, 4.69) is 59.7 Å². The molecule has 2 nitrogen and oxygen atoms in total. The molecule has 1 heterocycles. The van der Waals surface area contributed by atoms with Crippen molar-refractivity contribution in [3.05, 3.63) is 89.7 Å². The van der Waals surface area contributed by atoms with Crippen molar-refractivity contribution in [2.45, 2.75) is 25.8 Å². The number of hydrogen-bond acceptors (Lipinski definition) is 1. The van der Waals surface area contributed by atoms with Crippen LogP contribution in [-0.4, -0.2) is 9.78 Å². The minimum atomic E-state index is 0.847. The van der Waals surface area contributed by atoms with Gasteiger partial charge in [-0.25, -0.2) is 0 Å². The van der Waals surface area contributed by atoms with Crippen molar-refractivity contribution < 1.29 is 0 Å². The molecule has 0 atom stereocenters. The van der Waals surface area contributed by atoms with Crippen LogP contribution in [0.4, 0.5) is 0 Å². The maximum Gasteiger partial charge on any atom is 0.0659 e. The van der Waals surface area contributed by atoms with E-state index in [1.54, 1.807) is 0 Å². The van der Waals surface area contributed by atoms with E-state index in [0.29, 0.717) is 0 Å². The Hall–Kier alpha value is -2.35. The van der Waals surface area contributed by atoms with E-state index >= 15 is 0 Å². The molecule has 3 aromatic rings. The van der Waals surface area contributed by atoms with Crippen molar-refractivity contribution in [3.8, 4) is 0 Å². The first-order valence-corrected chi connectivity index (χ1v) is 7.49. The average molecular weight is 276 g/mol. The molecule has 0 amide bonds. The number of hydrogen-bond donors (Lipinski definition) is 0. The molecule has 0 radical (unpaired) electrons. The summed E-state index contributed by atoms with van der Waals surface area (Å²) in [5.41, 5.74) is 4.15. The van der Waals surface area contributed by atoms with Gasteiger partial charge in [-0.15, -0.1) is 0 Å². The molecular formula is C19H20N2. The minimum Gasteiger partial charge on any atom is -0.268 e. The maximum absolute atomic E-state index is 4.26.